The molecule has 0 radical (unpaired) electrons. The average Bonchev–Trinajstić information content (AvgIpc) is 2.53. The van der Waals surface area contributed by atoms with Crippen LogP contribution < -0.4 is 5.43 Å². The van der Waals surface area contributed by atoms with Gasteiger partial charge in [0.2, 0.25) is 0 Å². The lowest BCUT2D eigenvalue weighted by Gasteiger charge is -2.09. The van der Waals surface area contributed by atoms with Crippen LogP contribution in [0.5, 0.6) is 0 Å². The first kappa shape index (κ1) is 14.9. The molecule has 0 saturated heterocycles. The minimum Gasteiger partial charge on any atom is -0.356 e. The molecule has 4 heteroatoms. The number of benzene rings is 2. The quantitative estimate of drug-likeness (QED) is 0.646. The van der Waals surface area contributed by atoms with Gasteiger partial charge in [-0.1, -0.05) is 59.6 Å². The molecule has 2 nitrogen and oxygen atoms in total. The van der Waals surface area contributed by atoms with E-state index in [1.54, 1.807) is 24.4 Å². The van der Waals surface area contributed by atoms with E-state index < -0.39 is 0 Å². The van der Waals surface area contributed by atoms with Crippen molar-refractivity contribution in [1.82, 2.24) is 4.57 Å². The van der Waals surface area contributed by atoms with E-state index in [1.807, 2.05) is 48.1 Å². The zero-order chi connectivity index (χ0) is 15.7. The third-order valence-electron chi connectivity index (χ3n) is 3.47. The van der Waals surface area contributed by atoms with Crippen LogP contribution in [0.25, 0.3) is 22.3 Å². The van der Waals surface area contributed by atoms with Crippen LogP contribution in [0.2, 0.25) is 10.0 Å². The van der Waals surface area contributed by atoms with Gasteiger partial charge in [0.05, 0.1) is 10.0 Å². The van der Waals surface area contributed by atoms with Gasteiger partial charge < -0.3 is 4.57 Å². The number of hydrogen-bond acceptors (Lipinski definition) is 1. The van der Waals surface area contributed by atoms with Gasteiger partial charge in [-0.2, -0.15) is 0 Å². The summed E-state index contributed by atoms with van der Waals surface area (Å²) in [5.74, 6) is 0. The van der Waals surface area contributed by atoms with Gasteiger partial charge in [-0.3, -0.25) is 4.79 Å². The van der Waals surface area contributed by atoms with Crippen molar-refractivity contribution >= 4 is 23.2 Å². The third kappa shape index (κ3) is 2.80. The molecule has 3 aromatic rings. The van der Waals surface area contributed by atoms with Crippen molar-refractivity contribution in [3.63, 3.8) is 0 Å². The monoisotopic (exact) mass is 329 g/mol. The Morgan fingerprint density at radius 1 is 0.818 bits per heavy atom. The summed E-state index contributed by atoms with van der Waals surface area (Å²) in [5.41, 5.74) is 2.88. The first-order chi connectivity index (χ1) is 10.6. The molecule has 0 aliphatic heterocycles. The predicted octanol–water partition coefficient (Wildman–Crippen LogP) is 5.03. The molecule has 0 aliphatic rings. The van der Waals surface area contributed by atoms with Crippen LogP contribution in [0.1, 0.15) is 0 Å². The van der Waals surface area contributed by atoms with Crippen LogP contribution in [0, 0.1) is 0 Å². The fourth-order valence-corrected chi connectivity index (χ4v) is 2.70. The fourth-order valence-electron chi connectivity index (χ4n) is 2.40. The standard InChI is InChI=1S/C18H13Cl2NO/c1-21-10-14(12-5-3-2-4-6-12)18(22)15(11-21)13-7-8-16(19)17(20)9-13/h2-11H,1H3. The molecule has 1 heterocycles. The highest BCUT2D eigenvalue weighted by molar-refractivity contribution is 6.42. The summed E-state index contributed by atoms with van der Waals surface area (Å²) in [6, 6.07) is 14.8. The van der Waals surface area contributed by atoms with Crippen LogP contribution >= 0.6 is 23.2 Å². The maximum Gasteiger partial charge on any atom is 0.197 e. The maximum atomic E-state index is 12.8. The Bertz CT molecular complexity index is 885. The van der Waals surface area contributed by atoms with Gasteiger partial charge >= 0.3 is 0 Å². The first-order valence-electron chi connectivity index (χ1n) is 6.77. The summed E-state index contributed by atoms with van der Waals surface area (Å²) < 4.78 is 1.88. The second-order valence-corrected chi connectivity index (χ2v) is 5.89. The summed E-state index contributed by atoms with van der Waals surface area (Å²) >= 11 is 12.0. The van der Waals surface area contributed by atoms with E-state index in [0.29, 0.717) is 21.2 Å². The zero-order valence-electron chi connectivity index (χ0n) is 11.9. The van der Waals surface area contributed by atoms with Crippen LogP contribution in [-0.2, 0) is 7.05 Å². The van der Waals surface area contributed by atoms with Crippen molar-refractivity contribution in [2.24, 2.45) is 7.05 Å². The molecule has 0 bridgehead atoms. The lowest BCUT2D eigenvalue weighted by atomic mass is 10.0. The molecule has 2 aromatic carbocycles. The molecule has 0 amide bonds. The molecule has 0 spiro atoms. The molecule has 0 unspecified atom stereocenters. The average molecular weight is 330 g/mol. The lowest BCUT2D eigenvalue weighted by Crippen LogP contribution is -2.11. The minimum absolute atomic E-state index is 0.0253. The predicted molar refractivity (Wildman–Crippen MR) is 92.6 cm³/mol. The van der Waals surface area contributed by atoms with E-state index in [9.17, 15) is 4.79 Å². The van der Waals surface area contributed by atoms with E-state index in [4.69, 9.17) is 23.2 Å². The molecular formula is C18H13Cl2NO. The van der Waals surface area contributed by atoms with Gasteiger partial charge in [0.15, 0.2) is 5.43 Å². The van der Waals surface area contributed by atoms with E-state index in [0.717, 1.165) is 11.1 Å². The molecule has 0 atom stereocenters. The molecule has 1 aromatic heterocycles. The van der Waals surface area contributed by atoms with Crippen molar-refractivity contribution < 1.29 is 0 Å². The normalized spacial score (nSPS) is 10.7. The number of halogens is 2. The first-order valence-corrected chi connectivity index (χ1v) is 7.53. The summed E-state index contributed by atoms with van der Waals surface area (Å²) in [5, 5.41) is 0.910. The smallest absolute Gasteiger partial charge is 0.197 e. The van der Waals surface area contributed by atoms with Gasteiger partial charge in [-0.05, 0) is 23.3 Å². The number of aromatic nitrogens is 1. The van der Waals surface area contributed by atoms with Gasteiger partial charge in [-0.15, -0.1) is 0 Å². The second kappa shape index (κ2) is 5.99. The van der Waals surface area contributed by atoms with Gasteiger partial charge in [0.1, 0.15) is 0 Å². The van der Waals surface area contributed by atoms with Crippen molar-refractivity contribution in [1.29, 1.82) is 0 Å². The largest absolute Gasteiger partial charge is 0.356 e. The molecule has 0 fully saturated rings. The number of aryl methyl sites for hydroxylation is 1. The van der Waals surface area contributed by atoms with Crippen molar-refractivity contribution in [3.8, 4) is 22.3 Å². The maximum absolute atomic E-state index is 12.8. The number of rotatable bonds is 2. The number of nitrogens with zero attached hydrogens (tertiary/aromatic N) is 1. The molecule has 0 N–H and O–H groups in total. The minimum atomic E-state index is -0.0253. The Balaban J connectivity index is 2.23. The summed E-state index contributed by atoms with van der Waals surface area (Å²) in [4.78, 5) is 12.8. The molecule has 0 aliphatic carbocycles. The third-order valence-corrected chi connectivity index (χ3v) is 4.21. The van der Waals surface area contributed by atoms with Crippen LogP contribution in [0.4, 0.5) is 0 Å². The van der Waals surface area contributed by atoms with Crippen molar-refractivity contribution in [3.05, 3.63) is 81.2 Å². The zero-order valence-corrected chi connectivity index (χ0v) is 13.4. The van der Waals surface area contributed by atoms with Crippen molar-refractivity contribution in [2.75, 3.05) is 0 Å². The topological polar surface area (TPSA) is 22.0 Å². The highest BCUT2D eigenvalue weighted by Gasteiger charge is 2.11. The van der Waals surface area contributed by atoms with Crippen LogP contribution in [-0.4, -0.2) is 4.57 Å². The molecule has 22 heavy (non-hydrogen) atoms. The Morgan fingerprint density at radius 3 is 2.09 bits per heavy atom. The van der Waals surface area contributed by atoms with Crippen LogP contribution in [0.15, 0.2) is 65.7 Å². The van der Waals surface area contributed by atoms with Gasteiger partial charge in [0.25, 0.3) is 0 Å². The summed E-state index contributed by atoms with van der Waals surface area (Å²) in [6.45, 7) is 0. The lowest BCUT2D eigenvalue weighted by molar-refractivity contribution is 0.904. The van der Waals surface area contributed by atoms with E-state index in [1.165, 1.54) is 0 Å². The van der Waals surface area contributed by atoms with Crippen molar-refractivity contribution in [2.45, 2.75) is 0 Å². The molecule has 110 valence electrons. The Hall–Kier alpha value is -2.03. The number of pyridine rings is 1. The Labute approximate surface area is 138 Å². The molecule has 3 rings (SSSR count). The van der Waals surface area contributed by atoms with Gasteiger partial charge in [-0.25, -0.2) is 0 Å². The van der Waals surface area contributed by atoms with Gasteiger partial charge in [0, 0.05) is 30.6 Å². The SMILES string of the molecule is Cn1cc(-c2ccccc2)c(=O)c(-c2ccc(Cl)c(Cl)c2)c1. The fraction of sp³-hybridized carbons (Fsp3) is 0.0556. The summed E-state index contributed by atoms with van der Waals surface area (Å²) in [6.07, 6.45) is 3.63. The highest BCUT2D eigenvalue weighted by Crippen LogP contribution is 2.28. The second-order valence-electron chi connectivity index (χ2n) is 5.08. The number of hydrogen-bond donors (Lipinski definition) is 0. The molecular weight excluding hydrogens is 317 g/mol. The summed E-state index contributed by atoms with van der Waals surface area (Å²) in [7, 11) is 1.90. The highest BCUT2D eigenvalue weighted by atomic mass is 35.5. The van der Waals surface area contributed by atoms with Crippen LogP contribution in [0.3, 0.4) is 0 Å². The Kier molecular flexibility index (Phi) is 4.06. The van der Waals surface area contributed by atoms with E-state index >= 15 is 0 Å². The Morgan fingerprint density at radius 2 is 1.45 bits per heavy atom. The van der Waals surface area contributed by atoms with E-state index in [-0.39, 0.29) is 5.43 Å². The molecule has 0 saturated carbocycles. The van der Waals surface area contributed by atoms with E-state index in [2.05, 4.69) is 0 Å².